The molecule has 2 N–H and O–H groups in total. The van der Waals surface area contributed by atoms with Crippen LogP contribution in [0.25, 0.3) is 0 Å². The summed E-state index contributed by atoms with van der Waals surface area (Å²) in [5, 5.41) is 5.86. The van der Waals surface area contributed by atoms with Crippen LogP contribution in [0.3, 0.4) is 0 Å². The molecule has 6 nitrogen and oxygen atoms in total. The standard InChI is InChI=1S/C19H29N3O3S/c1-2-26-13-7-18(23)20-15-16-4-3-5-17(14-16)21-19(24)6-8-22-9-11-25-12-10-22/h3-5,14H,2,6-13,15H2,1H3,(H,20,23)(H,21,24). The van der Waals surface area contributed by atoms with E-state index in [1.165, 1.54) is 0 Å². The summed E-state index contributed by atoms with van der Waals surface area (Å²) in [6, 6.07) is 7.63. The lowest BCUT2D eigenvalue weighted by Crippen LogP contribution is -2.38. The minimum atomic E-state index is 0.00858. The second-order valence-electron chi connectivity index (χ2n) is 6.18. The predicted molar refractivity (Wildman–Crippen MR) is 106 cm³/mol. The summed E-state index contributed by atoms with van der Waals surface area (Å²) in [7, 11) is 0. The Bertz CT molecular complexity index is 577. The number of hydrogen-bond donors (Lipinski definition) is 2. The molecule has 0 aromatic heterocycles. The van der Waals surface area contributed by atoms with Gasteiger partial charge >= 0.3 is 0 Å². The average Bonchev–Trinajstić information content (AvgIpc) is 2.66. The molecule has 0 atom stereocenters. The summed E-state index contributed by atoms with van der Waals surface area (Å²) < 4.78 is 5.31. The van der Waals surface area contributed by atoms with Crippen LogP contribution in [0.1, 0.15) is 25.3 Å². The summed E-state index contributed by atoms with van der Waals surface area (Å²) in [5.41, 5.74) is 1.75. The molecule has 1 aliphatic heterocycles. The number of thioether (sulfide) groups is 1. The topological polar surface area (TPSA) is 70.7 Å². The molecule has 1 heterocycles. The van der Waals surface area contributed by atoms with Crippen molar-refractivity contribution in [1.82, 2.24) is 10.2 Å². The zero-order valence-electron chi connectivity index (χ0n) is 15.5. The van der Waals surface area contributed by atoms with Crippen molar-refractivity contribution in [3.8, 4) is 0 Å². The van der Waals surface area contributed by atoms with E-state index in [9.17, 15) is 9.59 Å². The van der Waals surface area contributed by atoms with Gasteiger partial charge in [-0.1, -0.05) is 19.1 Å². The van der Waals surface area contributed by atoms with Crippen molar-refractivity contribution >= 4 is 29.3 Å². The van der Waals surface area contributed by atoms with Crippen LogP contribution in [0.15, 0.2) is 24.3 Å². The van der Waals surface area contributed by atoms with Gasteiger partial charge in [0.1, 0.15) is 0 Å². The van der Waals surface area contributed by atoms with Crippen LogP contribution >= 0.6 is 11.8 Å². The highest BCUT2D eigenvalue weighted by molar-refractivity contribution is 7.99. The number of hydrogen-bond acceptors (Lipinski definition) is 5. The summed E-state index contributed by atoms with van der Waals surface area (Å²) in [4.78, 5) is 26.2. The predicted octanol–water partition coefficient (Wildman–Crippen LogP) is 2.11. The molecule has 0 unspecified atom stereocenters. The summed E-state index contributed by atoms with van der Waals surface area (Å²) in [6.07, 6.45) is 1.01. The van der Waals surface area contributed by atoms with Crippen LogP contribution in [-0.4, -0.2) is 61.1 Å². The van der Waals surface area contributed by atoms with Crippen LogP contribution in [0.4, 0.5) is 5.69 Å². The van der Waals surface area contributed by atoms with Gasteiger partial charge in [0.05, 0.1) is 13.2 Å². The Hall–Kier alpha value is -1.57. The molecule has 2 rings (SSSR count). The van der Waals surface area contributed by atoms with E-state index in [1.54, 1.807) is 11.8 Å². The van der Waals surface area contributed by atoms with E-state index in [2.05, 4.69) is 22.5 Å². The van der Waals surface area contributed by atoms with Crippen molar-refractivity contribution in [2.24, 2.45) is 0 Å². The number of amides is 2. The highest BCUT2D eigenvalue weighted by Gasteiger charge is 2.12. The lowest BCUT2D eigenvalue weighted by atomic mass is 10.2. The molecule has 0 radical (unpaired) electrons. The Morgan fingerprint density at radius 3 is 2.77 bits per heavy atom. The molecule has 0 saturated carbocycles. The smallest absolute Gasteiger partial charge is 0.225 e. The van der Waals surface area contributed by atoms with Gasteiger partial charge in [-0.3, -0.25) is 14.5 Å². The van der Waals surface area contributed by atoms with Crippen LogP contribution < -0.4 is 10.6 Å². The fraction of sp³-hybridized carbons (Fsp3) is 0.579. The second-order valence-corrected chi connectivity index (χ2v) is 7.57. The maximum absolute atomic E-state index is 12.1. The number of morpholine rings is 1. The van der Waals surface area contributed by atoms with Gasteiger partial charge in [0.15, 0.2) is 0 Å². The van der Waals surface area contributed by atoms with Crippen molar-refractivity contribution in [2.45, 2.75) is 26.3 Å². The monoisotopic (exact) mass is 379 g/mol. The fourth-order valence-corrected chi connectivity index (χ4v) is 3.28. The van der Waals surface area contributed by atoms with Gasteiger partial charge in [0.2, 0.25) is 11.8 Å². The summed E-state index contributed by atoms with van der Waals surface area (Å²) in [6.45, 7) is 6.58. The van der Waals surface area contributed by atoms with E-state index in [-0.39, 0.29) is 11.8 Å². The van der Waals surface area contributed by atoms with Gasteiger partial charge in [0.25, 0.3) is 0 Å². The van der Waals surface area contributed by atoms with E-state index in [0.29, 0.717) is 19.4 Å². The summed E-state index contributed by atoms with van der Waals surface area (Å²) in [5.74, 6) is 1.95. The van der Waals surface area contributed by atoms with Gasteiger partial charge < -0.3 is 15.4 Å². The second kappa shape index (κ2) is 11.9. The third-order valence-electron chi connectivity index (χ3n) is 4.14. The first kappa shape index (κ1) is 20.7. The Balaban J connectivity index is 1.71. The zero-order chi connectivity index (χ0) is 18.6. The minimum absolute atomic E-state index is 0.00858. The highest BCUT2D eigenvalue weighted by atomic mass is 32.2. The fourth-order valence-electron chi connectivity index (χ4n) is 2.67. The first-order valence-electron chi connectivity index (χ1n) is 9.20. The quantitative estimate of drug-likeness (QED) is 0.609. The maximum Gasteiger partial charge on any atom is 0.225 e. The van der Waals surface area contributed by atoms with Crippen LogP contribution in [0, 0.1) is 0 Å². The van der Waals surface area contributed by atoms with Crippen molar-refractivity contribution < 1.29 is 14.3 Å². The number of benzene rings is 1. The van der Waals surface area contributed by atoms with Crippen molar-refractivity contribution in [3.63, 3.8) is 0 Å². The van der Waals surface area contributed by atoms with E-state index >= 15 is 0 Å². The lowest BCUT2D eigenvalue weighted by Gasteiger charge is -2.26. The Morgan fingerprint density at radius 2 is 2.00 bits per heavy atom. The molecule has 1 aliphatic rings. The number of anilines is 1. The number of rotatable bonds is 10. The van der Waals surface area contributed by atoms with Gasteiger partial charge in [-0.05, 0) is 23.4 Å². The molecule has 2 amide bonds. The van der Waals surface area contributed by atoms with Crippen LogP contribution in [0.2, 0.25) is 0 Å². The molecule has 0 spiro atoms. The first-order chi connectivity index (χ1) is 12.7. The lowest BCUT2D eigenvalue weighted by molar-refractivity contribution is -0.121. The Morgan fingerprint density at radius 1 is 1.19 bits per heavy atom. The van der Waals surface area contributed by atoms with E-state index in [0.717, 1.165) is 55.6 Å². The number of nitrogens with zero attached hydrogens (tertiary/aromatic N) is 1. The average molecular weight is 380 g/mol. The largest absolute Gasteiger partial charge is 0.379 e. The van der Waals surface area contributed by atoms with E-state index in [4.69, 9.17) is 4.74 Å². The SMILES string of the molecule is CCSCCC(=O)NCc1cccc(NC(=O)CCN2CCOCC2)c1. The third-order valence-corrected chi connectivity index (χ3v) is 5.04. The zero-order valence-corrected chi connectivity index (χ0v) is 16.3. The maximum atomic E-state index is 12.1. The third kappa shape index (κ3) is 8.21. The molecule has 1 fully saturated rings. The van der Waals surface area contributed by atoms with Gasteiger partial charge in [0, 0.05) is 50.5 Å². The van der Waals surface area contributed by atoms with Crippen molar-refractivity contribution in [1.29, 1.82) is 0 Å². The molecule has 1 aromatic rings. The van der Waals surface area contributed by atoms with Crippen LogP contribution in [-0.2, 0) is 20.9 Å². The van der Waals surface area contributed by atoms with Gasteiger partial charge in [-0.2, -0.15) is 11.8 Å². The molecule has 1 aromatic carbocycles. The molecule has 7 heteroatoms. The van der Waals surface area contributed by atoms with Gasteiger partial charge in [-0.25, -0.2) is 0 Å². The number of carbonyl (C=O) groups excluding carboxylic acids is 2. The minimum Gasteiger partial charge on any atom is -0.379 e. The van der Waals surface area contributed by atoms with Crippen molar-refractivity contribution in [2.75, 3.05) is 49.7 Å². The normalized spacial score (nSPS) is 14.8. The molecule has 0 bridgehead atoms. The number of nitrogens with one attached hydrogen (secondary N) is 2. The highest BCUT2D eigenvalue weighted by Crippen LogP contribution is 2.11. The first-order valence-corrected chi connectivity index (χ1v) is 10.4. The van der Waals surface area contributed by atoms with Gasteiger partial charge in [-0.15, -0.1) is 0 Å². The molecule has 1 saturated heterocycles. The Labute approximate surface area is 160 Å². The number of ether oxygens (including phenoxy) is 1. The molecule has 0 aliphatic carbocycles. The van der Waals surface area contributed by atoms with E-state index < -0.39 is 0 Å². The molecular formula is C19H29N3O3S. The summed E-state index contributed by atoms with van der Waals surface area (Å²) >= 11 is 1.76. The number of carbonyl (C=O) groups is 2. The molecule has 144 valence electrons. The molecular weight excluding hydrogens is 350 g/mol. The Kier molecular flexibility index (Phi) is 9.52. The molecule has 26 heavy (non-hydrogen) atoms. The van der Waals surface area contributed by atoms with Crippen LogP contribution in [0.5, 0.6) is 0 Å². The van der Waals surface area contributed by atoms with E-state index in [1.807, 2.05) is 24.3 Å². The van der Waals surface area contributed by atoms with Crippen molar-refractivity contribution in [3.05, 3.63) is 29.8 Å².